The third kappa shape index (κ3) is 6.67. The molecular formula is C28H31F3N4O5. The van der Waals surface area contributed by atoms with Crippen LogP contribution in [0.15, 0.2) is 36.5 Å². The van der Waals surface area contributed by atoms with Gasteiger partial charge in [0.25, 0.3) is 5.91 Å². The van der Waals surface area contributed by atoms with Crippen molar-refractivity contribution in [3.63, 3.8) is 0 Å². The zero-order valence-corrected chi connectivity index (χ0v) is 22.5. The van der Waals surface area contributed by atoms with Crippen LogP contribution in [0.3, 0.4) is 0 Å². The quantitative estimate of drug-likeness (QED) is 0.274. The predicted octanol–water partition coefficient (Wildman–Crippen LogP) is 5.45. The van der Waals surface area contributed by atoms with Gasteiger partial charge in [-0.25, -0.2) is 9.78 Å². The minimum absolute atomic E-state index is 0.0523. The van der Waals surface area contributed by atoms with Crippen molar-refractivity contribution < 1.29 is 37.0 Å². The summed E-state index contributed by atoms with van der Waals surface area (Å²) in [7, 11) is 0. The maximum absolute atomic E-state index is 13.2. The molecule has 40 heavy (non-hydrogen) atoms. The summed E-state index contributed by atoms with van der Waals surface area (Å²) in [6.45, 7) is 4.91. The van der Waals surface area contributed by atoms with Gasteiger partial charge in [-0.05, 0) is 70.7 Å². The molecule has 2 aromatic heterocycles. The Morgan fingerprint density at radius 3 is 2.52 bits per heavy atom. The number of aldehydes is 1. The number of aromatic nitrogens is 3. The molecule has 1 saturated carbocycles. The molecule has 0 unspecified atom stereocenters. The number of carbonyl (C=O) groups is 3. The van der Waals surface area contributed by atoms with Crippen molar-refractivity contribution in [2.45, 2.75) is 64.3 Å². The second-order valence-electron chi connectivity index (χ2n) is 10.2. The second-order valence-corrected chi connectivity index (χ2v) is 10.2. The van der Waals surface area contributed by atoms with Crippen molar-refractivity contribution in [3.05, 3.63) is 53.5 Å². The number of nitrogens with zero attached hydrogens (tertiary/aromatic N) is 3. The molecule has 4 rings (SSSR count). The normalized spacial score (nSPS) is 17.9. The van der Waals surface area contributed by atoms with E-state index in [0.29, 0.717) is 16.5 Å². The number of benzene rings is 1. The van der Waals surface area contributed by atoms with Gasteiger partial charge in [0.15, 0.2) is 0 Å². The van der Waals surface area contributed by atoms with Crippen LogP contribution < -0.4 is 5.32 Å². The number of carbonyl (C=O) groups excluding carboxylic acids is 3. The van der Waals surface area contributed by atoms with E-state index in [-0.39, 0.29) is 30.9 Å². The third-order valence-corrected chi connectivity index (χ3v) is 6.99. The van der Waals surface area contributed by atoms with Crippen molar-refractivity contribution in [2.24, 2.45) is 5.92 Å². The minimum Gasteiger partial charge on any atom is -0.464 e. The number of ether oxygens (including phenoxy) is 2. The zero-order chi connectivity index (χ0) is 29.1. The van der Waals surface area contributed by atoms with E-state index in [4.69, 9.17) is 14.6 Å². The number of nitrogens with one attached hydrogen (secondary N) is 1. The molecule has 1 fully saturated rings. The summed E-state index contributed by atoms with van der Waals surface area (Å²) in [5.74, 6) is -1.35. The molecule has 1 amide bonds. The predicted molar refractivity (Wildman–Crippen MR) is 140 cm³/mol. The van der Waals surface area contributed by atoms with E-state index in [0.717, 1.165) is 44.1 Å². The maximum Gasteiger partial charge on any atom is 0.433 e. The highest BCUT2D eigenvalue weighted by Crippen LogP contribution is 2.37. The Kier molecular flexibility index (Phi) is 8.57. The lowest BCUT2D eigenvalue weighted by Crippen LogP contribution is -2.28. The summed E-state index contributed by atoms with van der Waals surface area (Å²) in [4.78, 5) is 39.7. The molecule has 1 aliphatic rings. The number of hydrogen-bond acceptors (Lipinski definition) is 7. The average Bonchev–Trinajstić information content (AvgIpc) is 3.34. The highest BCUT2D eigenvalue weighted by molar-refractivity contribution is 6.04. The summed E-state index contributed by atoms with van der Waals surface area (Å²) in [6, 6.07) is 6.60. The monoisotopic (exact) mass is 560 g/mol. The zero-order valence-electron chi connectivity index (χ0n) is 22.5. The topological polar surface area (TPSA) is 112 Å². The van der Waals surface area contributed by atoms with Gasteiger partial charge in [-0.15, -0.1) is 0 Å². The Bertz CT molecular complexity index is 1390. The maximum atomic E-state index is 13.2. The van der Waals surface area contributed by atoms with Gasteiger partial charge >= 0.3 is 12.1 Å². The highest BCUT2D eigenvalue weighted by atomic mass is 19.4. The number of pyridine rings is 1. The summed E-state index contributed by atoms with van der Waals surface area (Å²) in [5, 5.41) is 8.10. The smallest absolute Gasteiger partial charge is 0.433 e. The molecule has 12 heteroatoms. The van der Waals surface area contributed by atoms with Gasteiger partial charge in [0.05, 0.1) is 23.8 Å². The number of esters is 1. The Balaban J connectivity index is 1.69. The fourth-order valence-electron chi connectivity index (χ4n) is 4.81. The number of hydrogen-bond donors (Lipinski definition) is 1. The molecule has 0 atom stereocenters. The third-order valence-electron chi connectivity index (χ3n) is 6.99. The second kappa shape index (κ2) is 11.7. The molecule has 0 saturated heterocycles. The van der Waals surface area contributed by atoms with Crippen LogP contribution in [0.4, 0.5) is 18.9 Å². The standard InChI is InChI=1S/C28H31F3N4O5/c1-4-39-25(37)16-40-27(2,3)20-13-22-18(14-35(34-22)19-10-8-17(15-36)9-11-19)12-23(20)33-26(38)21-6-5-7-24(32-21)28(29,30)31/h5-7,12-15,17,19H,4,8-11,16H2,1-3H3,(H,33,38)/t17-,19-. The van der Waals surface area contributed by atoms with Crippen molar-refractivity contribution in [3.8, 4) is 0 Å². The van der Waals surface area contributed by atoms with Crippen LogP contribution in [-0.2, 0) is 30.8 Å². The van der Waals surface area contributed by atoms with E-state index >= 15 is 0 Å². The minimum atomic E-state index is -4.71. The molecular weight excluding hydrogens is 529 g/mol. The first kappa shape index (κ1) is 29.2. The number of rotatable bonds is 9. The van der Waals surface area contributed by atoms with Crippen LogP contribution in [0.25, 0.3) is 10.9 Å². The lowest BCUT2D eigenvalue weighted by atomic mass is 9.87. The van der Waals surface area contributed by atoms with Crippen molar-refractivity contribution in [2.75, 3.05) is 18.5 Å². The van der Waals surface area contributed by atoms with Gasteiger partial charge < -0.3 is 19.6 Å². The molecule has 1 N–H and O–H groups in total. The SMILES string of the molecule is CCOC(=O)COC(C)(C)c1cc2nn([C@H]3CC[C@H](C=O)CC3)cc2cc1NC(=O)c1cccc(C(F)(F)F)n1. The molecule has 0 aliphatic heterocycles. The van der Waals surface area contributed by atoms with Crippen molar-refractivity contribution in [1.29, 1.82) is 0 Å². The van der Waals surface area contributed by atoms with Gasteiger partial charge in [0.1, 0.15) is 24.3 Å². The summed E-state index contributed by atoms with van der Waals surface area (Å²) in [5.41, 5.74) is -1.38. The number of amides is 1. The number of anilines is 1. The number of alkyl halides is 3. The fourth-order valence-corrected chi connectivity index (χ4v) is 4.81. The molecule has 0 spiro atoms. The first-order chi connectivity index (χ1) is 18.9. The van der Waals surface area contributed by atoms with Crippen LogP contribution in [-0.4, -0.2) is 46.1 Å². The average molecular weight is 561 g/mol. The Labute approximate surface area is 229 Å². The van der Waals surface area contributed by atoms with E-state index in [1.165, 1.54) is 6.07 Å². The number of fused-ring (bicyclic) bond motifs is 1. The Hall–Kier alpha value is -3.80. The molecule has 2 heterocycles. The lowest BCUT2D eigenvalue weighted by Gasteiger charge is -2.28. The van der Waals surface area contributed by atoms with Crippen LogP contribution >= 0.6 is 0 Å². The molecule has 3 aromatic rings. The first-order valence-corrected chi connectivity index (χ1v) is 13.0. The summed E-state index contributed by atoms with van der Waals surface area (Å²) >= 11 is 0. The van der Waals surface area contributed by atoms with Crippen molar-refractivity contribution in [1.82, 2.24) is 14.8 Å². The largest absolute Gasteiger partial charge is 0.464 e. The van der Waals surface area contributed by atoms with Crippen LogP contribution in [0.2, 0.25) is 0 Å². The summed E-state index contributed by atoms with van der Waals surface area (Å²) in [6.07, 6.45) is 1.27. The Morgan fingerprint density at radius 2 is 1.88 bits per heavy atom. The van der Waals surface area contributed by atoms with Crippen LogP contribution in [0.1, 0.15) is 74.2 Å². The highest BCUT2D eigenvalue weighted by Gasteiger charge is 2.33. The fraction of sp³-hybridized carbons (Fsp3) is 0.464. The molecule has 9 nitrogen and oxygen atoms in total. The Morgan fingerprint density at radius 1 is 1.15 bits per heavy atom. The molecule has 214 valence electrons. The van der Waals surface area contributed by atoms with Crippen LogP contribution in [0.5, 0.6) is 0 Å². The van der Waals surface area contributed by atoms with Gasteiger partial charge in [-0.1, -0.05) is 6.07 Å². The van der Waals surface area contributed by atoms with Gasteiger partial charge in [0, 0.05) is 28.8 Å². The van der Waals surface area contributed by atoms with Crippen LogP contribution in [0, 0.1) is 5.92 Å². The first-order valence-electron chi connectivity index (χ1n) is 13.0. The van der Waals surface area contributed by atoms with Crippen molar-refractivity contribution >= 4 is 34.8 Å². The molecule has 0 bridgehead atoms. The van der Waals surface area contributed by atoms with E-state index in [1.54, 1.807) is 32.9 Å². The summed E-state index contributed by atoms with van der Waals surface area (Å²) < 4.78 is 52.2. The number of halogens is 3. The van der Waals surface area contributed by atoms with E-state index < -0.39 is 35.0 Å². The molecule has 0 radical (unpaired) electrons. The lowest BCUT2D eigenvalue weighted by molar-refractivity contribution is -0.154. The van der Waals surface area contributed by atoms with E-state index in [2.05, 4.69) is 10.3 Å². The molecule has 1 aromatic carbocycles. The molecule has 1 aliphatic carbocycles. The van der Waals surface area contributed by atoms with Gasteiger partial charge in [-0.2, -0.15) is 18.3 Å². The van der Waals surface area contributed by atoms with Gasteiger partial charge in [-0.3, -0.25) is 9.48 Å². The van der Waals surface area contributed by atoms with E-state index in [1.807, 2.05) is 10.9 Å². The van der Waals surface area contributed by atoms with Gasteiger partial charge in [0.2, 0.25) is 0 Å². The van der Waals surface area contributed by atoms with E-state index in [9.17, 15) is 27.6 Å².